The number of rotatable bonds is 8. The molecule has 7 heteroatoms. The summed E-state index contributed by atoms with van der Waals surface area (Å²) in [5.74, 6) is 1.10. The Morgan fingerprint density at radius 3 is 2.55 bits per heavy atom. The van der Waals surface area contributed by atoms with Crippen LogP contribution in [-0.4, -0.2) is 17.6 Å². The third kappa shape index (κ3) is 7.08. The second kappa shape index (κ2) is 11.5. The normalized spacial score (nSPS) is 10.3. The van der Waals surface area contributed by atoms with E-state index in [1.165, 1.54) is 0 Å². The maximum Gasteiger partial charge on any atom is 0.257 e. The second-order valence-electron chi connectivity index (χ2n) is 6.70. The Hall–Kier alpha value is -2.90. The minimum atomic E-state index is -0.309. The molecule has 0 saturated heterocycles. The van der Waals surface area contributed by atoms with Crippen molar-refractivity contribution < 1.29 is 14.3 Å². The van der Waals surface area contributed by atoms with Crippen LogP contribution in [0.4, 0.5) is 5.69 Å². The summed E-state index contributed by atoms with van der Waals surface area (Å²) in [6, 6.07) is 22.5. The van der Waals surface area contributed by atoms with E-state index in [0.29, 0.717) is 30.3 Å². The molecule has 0 aliphatic carbocycles. The van der Waals surface area contributed by atoms with Gasteiger partial charge in [-0.15, -0.1) is 0 Å². The van der Waals surface area contributed by atoms with Gasteiger partial charge in [-0.2, -0.15) is 0 Å². The second-order valence-corrected chi connectivity index (χ2v) is 7.97. The first kappa shape index (κ1) is 22.8. The molecule has 3 rings (SSSR count). The fraction of sp³-hybridized carbons (Fsp3) is 0.167. The van der Waals surface area contributed by atoms with Gasteiger partial charge in [-0.1, -0.05) is 43.3 Å². The van der Waals surface area contributed by atoms with Crippen LogP contribution in [0.3, 0.4) is 0 Å². The highest BCUT2D eigenvalue weighted by atomic mass is 79.9. The number of thiocarbonyl (C=S) groups is 1. The van der Waals surface area contributed by atoms with E-state index in [1.807, 2.05) is 61.5 Å². The Kier molecular flexibility index (Phi) is 8.44. The molecule has 2 N–H and O–H groups in total. The fourth-order valence-corrected chi connectivity index (χ4v) is 3.42. The summed E-state index contributed by atoms with van der Waals surface area (Å²) in [7, 11) is 0. The number of hydrogen-bond donors (Lipinski definition) is 2. The number of benzene rings is 3. The van der Waals surface area contributed by atoms with E-state index < -0.39 is 0 Å². The monoisotopic (exact) mass is 498 g/mol. The van der Waals surface area contributed by atoms with Crippen molar-refractivity contribution in [2.45, 2.75) is 20.0 Å². The number of nitrogens with one attached hydrogen (secondary N) is 2. The first-order valence-corrected chi connectivity index (χ1v) is 11.1. The zero-order valence-electron chi connectivity index (χ0n) is 17.1. The molecule has 1 amide bonds. The molecule has 0 atom stereocenters. The van der Waals surface area contributed by atoms with E-state index in [4.69, 9.17) is 21.7 Å². The third-order valence-electron chi connectivity index (χ3n) is 4.22. The lowest BCUT2D eigenvalue weighted by molar-refractivity contribution is 0.0977. The Labute approximate surface area is 195 Å². The Bertz CT molecular complexity index is 1040. The first-order chi connectivity index (χ1) is 15.0. The molecule has 0 heterocycles. The summed E-state index contributed by atoms with van der Waals surface area (Å²) < 4.78 is 12.2. The molecular weight excluding hydrogens is 476 g/mol. The van der Waals surface area contributed by atoms with E-state index in [2.05, 4.69) is 26.6 Å². The van der Waals surface area contributed by atoms with E-state index in [9.17, 15) is 4.79 Å². The van der Waals surface area contributed by atoms with Crippen molar-refractivity contribution in [2.24, 2.45) is 0 Å². The number of anilines is 1. The zero-order chi connectivity index (χ0) is 22.1. The van der Waals surface area contributed by atoms with Gasteiger partial charge in [0.05, 0.1) is 11.1 Å². The highest BCUT2D eigenvalue weighted by Crippen LogP contribution is 2.26. The third-order valence-corrected chi connectivity index (χ3v) is 5.05. The van der Waals surface area contributed by atoms with Gasteiger partial charge in [0.25, 0.3) is 5.91 Å². The Morgan fingerprint density at radius 1 is 1.00 bits per heavy atom. The minimum absolute atomic E-state index is 0.202. The van der Waals surface area contributed by atoms with Crippen molar-refractivity contribution >= 4 is 44.9 Å². The van der Waals surface area contributed by atoms with E-state index in [-0.39, 0.29) is 11.0 Å². The smallest absolute Gasteiger partial charge is 0.257 e. The van der Waals surface area contributed by atoms with Crippen molar-refractivity contribution in [1.29, 1.82) is 0 Å². The van der Waals surface area contributed by atoms with Gasteiger partial charge in [-0.05, 0) is 70.5 Å². The van der Waals surface area contributed by atoms with Crippen LogP contribution in [0, 0.1) is 0 Å². The van der Waals surface area contributed by atoms with Crippen LogP contribution in [0.1, 0.15) is 29.3 Å². The molecule has 0 aliphatic heterocycles. The predicted molar refractivity (Wildman–Crippen MR) is 131 cm³/mol. The quantitative estimate of drug-likeness (QED) is 0.376. The minimum Gasteiger partial charge on any atom is -0.492 e. The lowest BCUT2D eigenvalue weighted by Gasteiger charge is -2.12. The van der Waals surface area contributed by atoms with Crippen molar-refractivity contribution in [3.05, 3.63) is 88.4 Å². The van der Waals surface area contributed by atoms with Crippen LogP contribution in [-0.2, 0) is 6.61 Å². The van der Waals surface area contributed by atoms with Crippen LogP contribution < -0.4 is 20.1 Å². The van der Waals surface area contributed by atoms with E-state index >= 15 is 0 Å². The summed E-state index contributed by atoms with van der Waals surface area (Å²) in [6.07, 6.45) is 0.910. The molecule has 0 unspecified atom stereocenters. The van der Waals surface area contributed by atoms with Crippen molar-refractivity contribution in [2.75, 3.05) is 11.9 Å². The van der Waals surface area contributed by atoms with Gasteiger partial charge in [0, 0.05) is 17.3 Å². The molecule has 31 heavy (non-hydrogen) atoms. The van der Waals surface area contributed by atoms with Crippen LogP contribution in [0.15, 0.2) is 77.3 Å². The van der Waals surface area contributed by atoms with Gasteiger partial charge < -0.3 is 14.8 Å². The predicted octanol–water partition coefficient (Wildman–Crippen LogP) is 5.94. The molecule has 0 radical (unpaired) electrons. The number of hydrogen-bond acceptors (Lipinski definition) is 4. The molecule has 0 aromatic heterocycles. The Morgan fingerprint density at radius 2 is 1.81 bits per heavy atom. The first-order valence-electron chi connectivity index (χ1n) is 9.86. The summed E-state index contributed by atoms with van der Waals surface area (Å²) in [5.41, 5.74) is 2.28. The summed E-state index contributed by atoms with van der Waals surface area (Å²) in [5, 5.41) is 5.91. The van der Waals surface area contributed by atoms with Crippen LogP contribution in [0.2, 0.25) is 0 Å². The molecule has 5 nitrogen and oxygen atoms in total. The van der Waals surface area contributed by atoms with Crippen LogP contribution in [0.5, 0.6) is 11.5 Å². The van der Waals surface area contributed by atoms with Gasteiger partial charge >= 0.3 is 0 Å². The number of ether oxygens (including phenoxy) is 2. The highest BCUT2D eigenvalue weighted by molar-refractivity contribution is 9.10. The number of carbonyl (C=O) groups excluding carboxylic acids is 1. The van der Waals surface area contributed by atoms with Gasteiger partial charge in [-0.3, -0.25) is 10.1 Å². The average Bonchev–Trinajstić information content (AvgIpc) is 2.77. The van der Waals surface area contributed by atoms with Crippen molar-refractivity contribution in [3.63, 3.8) is 0 Å². The molecule has 3 aromatic rings. The molecule has 0 saturated carbocycles. The summed E-state index contributed by atoms with van der Waals surface area (Å²) >= 11 is 8.73. The maximum absolute atomic E-state index is 12.5. The van der Waals surface area contributed by atoms with Crippen LogP contribution >= 0.6 is 28.1 Å². The van der Waals surface area contributed by atoms with Crippen LogP contribution in [0.25, 0.3) is 0 Å². The topological polar surface area (TPSA) is 59.6 Å². The van der Waals surface area contributed by atoms with Gasteiger partial charge in [0.2, 0.25) is 0 Å². The molecule has 0 bridgehead atoms. The highest BCUT2D eigenvalue weighted by Gasteiger charge is 2.11. The molecule has 3 aromatic carbocycles. The number of carbonyl (C=O) groups is 1. The molecule has 0 aliphatic rings. The van der Waals surface area contributed by atoms with Gasteiger partial charge in [-0.25, -0.2) is 0 Å². The SMILES string of the molecule is CCCOc1ccc(C(=O)NC(=S)Nc2cccc(OCc3ccccc3)c2)cc1Br. The molecule has 0 spiro atoms. The lowest BCUT2D eigenvalue weighted by atomic mass is 10.2. The molecular formula is C24H23BrN2O3S. The number of amides is 1. The van der Waals surface area contributed by atoms with E-state index in [1.54, 1.807) is 18.2 Å². The van der Waals surface area contributed by atoms with Crippen molar-refractivity contribution in [1.82, 2.24) is 5.32 Å². The van der Waals surface area contributed by atoms with Gasteiger partial charge in [0.1, 0.15) is 18.1 Å². The largest absolute Gasteiger partial charge is 0.492 e. The summed E-state index contributed by atoms with van der Waals surface area (Å²) in [4.78, 5) is 12.5. The summed E-state index contributed by atoms with van der Waals surface area (Å²) in [6.45, 7) is 3.12. The van der Waals surface area contributed by atoms with E-state index in [0.717, 1.165) is 22.1 Å². The molecule has 0 fully saturated rings. The van der Waals surface area contributed by atoms with Gasteiger partial charge in [0.15, 0.2) is 5.11 Å². The number of halogens is 1. The zero-order valence-corrected chi connectivity index (χ0v) is 19.5. The molecule has 160 valence electrons. The Balaban J connectivity index is 1.55. The maximum atomic E-state index is 12.5. The fourth-order valence-electron chi connectivity index (χ4n) is 2.71. The average molecular weight is 499 g/mol. The van der Waals surface area contributed by atoms with Crippen molar-refractivity contribution in [3.8, 4) is 11.5 Å². The standard InChI is InChI=1S/C24H23BrN2O3S/c1-2-13-29-22-12-11-18(14-21(22)25)23(28)27-24(31)26-19-9-6-10-20(15-19)30-16-17-7-4-3-5-8-17/h3-12,14-15H,2,13,16H2,1H3,(H2,26,27,28,31). The lowest BCUT2D eigenvalue weighted by Crippen LogP contribution is -2.34.